The number of aryl methyl sites for hydroxylation is 1. The Morgan fingerprint density at radius 3 is 2.71 bits per heavy atom. The quantitative estimate of drug-likeness (QED) is 0.692. The predicted molar refractivity (Wildman–Crippen MR) is 78.9 cm³/mol. The molecule has 0 radical (unpaired) electrons. The monoisotopic (exact) mass is 281 g/mol. The van der Waals surface area contributed by atoms with Gasteiger partial charge in [-0.15, -0.1) is 0 Å². The van der Waals surface area contributed by atoms with Gasteiger partial charge in [-0.2, -0.15) is 5.10 Å². The number of carbonyl (C=O) groups is 1. The number of nitrogens with zero attached hydrogens (tertiary/aromatic N) is 3. The Kier molecular flexibility index (Phi) is 3.39. The van der Waals surface area contributed by atoms with Crippen molar-refractivity contribution in [2.45, 2.75) is 13.3 Å². The van der Waals surface area contributed by atoms with Gasteiger partial charge in [-0.25, -0.2) is 9.50 Å². The number of methoxy groups -OCH3 is 1. The molecule has 0 fully saturated rings. The molecule has 0 aliphatic heterocycles. The molecule has 5 heteroatoms. The lowest BCUT2D eigenvalue weighted by Crippen LogP contribution is -2.08. The molecule has 0 bridgehead atoms. The van der Waals surface area contributed by atoms with Crippen LogP contribution in [-0.2, 0) is 16.0 Å². The molecular formula is C16H15N3O2. The smallest absolute Gasteiger partial charge is 0.311 e. The average Bonchev–Trinajstić information content (AvgIpc) is 2.92. The lowest BCUT2D eigenvalue weighted by atomic mass is 10.2. The molecule has 0 amide bonds. The number of carbonyl (C=O) groups excluding carboxylic acids is 1. The summed E-state index contributed by atoms with van der Waals surface area (Å²) in [6.07, 6.45) is 0.166. The van der Waals surface area contributed by atoms with E-state index in [9.17, 15) is 4.79 Å². The van der Waals surface area contributed by atoms with Gasteiger partial charge in [-0.05, 0) is 13.0 Å². The van der Waals surface area contributed by atoms with Gasteiger partial charge in [0.2, 0.25) is 0 Å². The first kappa shape index (κ1) is 13.3. The molecule has 106 valence electrons. The third-order valence-electron chi connectivity index (χ3n) is 3.28. The van der Waals surface area contributed by atoms with Crippen molar-refractivity contribution in [1.82, 2.24) is 14.6 Å². The van der Waals surface area contributed by atoms with Crippen LogP contribution in [0.5, 0.6) is 0 Å². The third kappa shape index (κ3) is 2.63. The minimum Gasteiger partial charge on any atom is -0.469 e. The van der Waals surface area contributed by atoms with Crippen LogP contribution in [0.2, 0.25) is 0 Å². The number of fused-ring (bicyclic) bond motifs is 1. The molecule has 2 aromatic heterocycles. The standard InChI is InChI=1S/C16H15N3O2/c1-11-8-13(9-16(20)21-2)17-15-10-14(18-19(11)15)12-6-4-3-5-7-12/h3-8,10H,9H2,1-2H3. The van der Waals surface area contributed by atoms with Crippen LogP contribution in [-0.4, -0.2) is 27.7 Å². The average molecular weight is 281 g/mol. The van der Waals surface area contributed by atoms with E-state index in [1.54, 1.807) is 4.52 Å². The largest absolute Gasteiger partial charge is 0.469 e. The lowest BCUT2D eigenvalue weighted by Gasteiger charge is -2.03. The van der Waals surface area contributed by atoms with Gasteiger partial charge in [-0.3, -0.25) is 4.79 Å². The summed E-state index contributed by atoms with van der Waals surface area (Å²) < 4.78 is 6.46. The van der Waals surface area contributed by atoms with Crippen LogP contribution in [0, 0.1) is 6.92 Å². The summed E-state index contributed by atoms with van der Waals surface area (Å²) in [5.41, 5.74) is 4.25. The molecular weight excluding hydrogens is 266 g/mol. The molecule has 5 nitrogen and oxygen atoms in total. The number of hydrogen-bond donors (Lipinski definition) is 0. The maximum Gasteiger partial charge on any atom is 0.311 e. The second-order valence-corrected chi connectivity index (χ2v) is 4.81. The van der Waals surface area contributed by atoms with E-state index in [0.29, 0.717) is 5.69 Å². The zero-order chi connectivity index (χ0) is 14.8. The number of benzene rings is 1. The second kappa shape index (κ2) is 5.36. The zero-order valence-electron chi connectivity index (χ0n) is 11.9. The third-order valence-corrected chi connectivity index (χ3v) is 3.28. The van der Waals surface area contributed by atoms with Crippen LogP contribution in [0.1, 0.15) is 11.4 Å². The fourth-order valence-electron chi connectivity index (χ4n) is 2.25. The molecule has 0 saturated carbocycles. The van der Waals surface area contributed by atoms with Gasteiger partial charge in [-0.1, -0.05) is 30.3 Å². The highest BCUT2D eigenvalue weighted by atomic mass is 16.5. The summed E-state index contributed by atoms with van der Waals surface area (Å²) in [6.45, 7) is 1.94. The van der Waals surface area contributed by atoms with E-state index in [-0.39, 0.29) is 12.4 Å². The van der Waals surface area contributed by atoms with Gasteiger partial charge in [0, 0.05) is 17.3 Å². The summed E-state index contributed by atoms with van der Waals surface area (Å²) in [5, 5.41) is 4.56. The Balaban J connectivity index is 2.05. The zero-order valence-corrected chi connectivity index (χ0v) is 11.9. The lowest BCUT2D eigenvalue weighted by molar-refractivity contribution is -0.139. The number of aromatic nitrogens is 3. The van der Waals surface area contributed by atoms with Crippen molar-refractivity contribution >= 4 is 11.6 Å². The molecule has 0 unspecified atom stereocenters. The highest BCUT2D eigenvalue weighted by molar-refractivity contribution is 5.72. The maximum atomic E-state index is 11.4. The first-order chi connectivity index (χ1) is 10.2. The van der Waals surface area contributed by atoms with Crippen LogP contribution < -0.4 is 0 Å². The van der Waals surface area contributed by atoms with Crippen molar-refractivity contribution in [2.24, 2.45) is 0 Å². The first-order valence-electron chi connectivity index (χ1n) is 6.66. The molecule has 0 saturated heterocycles. The molecule has 3 aromatic rings. The van der Waals surface area contributed by atoms with Crippen LogP contribution in [0.3, 0.4) is 0 Å². The summed E-state index contributed by atoms with van der Waals surface area (Å²) in [5.74, 6) is -0.297. The van der Waals surface area contributed by atoms with Gasteiger partial charge in [0.25, 0.3) is 0 Å². The van der Waals surface area contributed by atoms with Crippen molar-refractivity contribution in [2.75, 3.05) is 7.11 Å². The molecule has 1 aromatic carbocycles. The highest BCUT2D eigenvalue weighted by Gasteiger charge is 2.11. The number of esters is 1. The van der Waals surface area contributed by atoms with E-state index in [4.69, 9.17) is 0 Å². The van der Waals surface area contributed by atoms with Crippen LogP contribution in [0.4, 0.5) is 0 Å². The van der Waals surface area contributed by atoms with Crippen LogP contribution >= 0.6 is 0 Å². The number of rotatable bonds is 3. The molecule has 2 heterocycles. The normalized spacial score (nSPS) is 10.8. The summed E-state index contributed by atoms with van der Waals surface area (Å²) in [6, 6.07) is 13.7. The summed E-state index contributed by atoms with van der Waals surface area (Å²) in [4.78, 5) is 15.8. The maximum absolute atomic E-state index is 11.4. The Labute approximate surface area is 122 Å². The Morgan fingerprint density at radius 1 is 1.24 bits per heavy atom. The van der Waals surface area contributed by atoms with E-state index < -0.39 is 0 Å². The summed E-state index contributed by atoms with van der Waals surface area (Å²) >= 11 is 0. The van der Waals surface area contributed by atoms with Crippen molar-refractivity contribution in [1.29, 1.82) is 0 Å². The molecule has 0 atom stereocenters. The Hall–Kier alpha value is -2.69. The topological polar surface area (TPSA) is 56.5 Å². The molecule has 0 spiro atoms. The van der Waals surface area contributed by atoms with Crippen molar-refractivity contribution in [3.05, 3.63) is 53.9 Å². The predicted octanol–water partition coefficient (Wildman–Crippen LogP) is 2.42. The van der Waals surface area contributed by atoms with Crippen molar-refractivity contribution in [3.63, 3.8) is 0 Å². The van der Waals surface area contributed by atoms with E-state index >= 15 is 0 Å². The van der Waals surface area contributed by atoms with E-state index in [1.165, 1.54) is 7.11 Å². The van der Waals surface area contributed by atoms with Crippen molar-refractivity contribution < 1.29 is 9.53 Å². The fraction of sp³-hybridized carbons (Fsp3) is 0.188. The highest BCUT2D eigenvalue weighted by Crippen LogP contribution is 2.19. The van der Waals surface area contributed by atoms with Crippen LogP contribution in [0.15, 0.2) is 42.5 Å². The SMILES string of the molecule is COC(=O)Cc1cc(C)n2nc(-c3ccccc3)cc2n1. The second-order valence-electron chi connectivity index (χ2n) is 4.81. The number of ether oxygens (including phenoxy) is 1. The fourth-order valence-corrected chi connectivity index (χ4v) is 2.25. The van der Waals surface area contributed by atoms with Gasteiger partial charge in [0.05, 0.1) is 24.9 Å². The number of hydrogen-bond acceptors (Lipinski definition) is 4. The first-order valence-corrected chi connectivity index (χ1v) is 6.66. The van der Waals surface area contributed by atoms with Gasteiger partial charge >= 0.3 is 5.97 Å². The van der Waals surface area contributed by atoms with E-state index in [2.05, 4.69) is 14.8 Å². The molecule has 21 heavy (non-hydrogen) atoms. The Morgan fingerprint density at radius 2 is 2.00 bits per heavy atom. The minimum atomic E-state index is -0.297. The molecule has 0 N–H and O–H groups in total. The molecule has 0 aliphatic carbocycles. The summed E-state index contributed by atoms with van der Waals surface area (Å²) in [7, 11) is 1.38. The molecule has 3 rings (SSSR count). The van der Waals surface area contributed by atoms with E-state index in [0.717, 1.165) is 22.6 Å². The minimum absolute atomic E-state index is 0.166. The van der Waals surface area contributed by atoms with Gasteiger partial charge in [0.1, 0.15) is 0 Å². The van der Waals surface area contributed by atoms with E-state index in [1.807, 2.05) is 49.4 Å². The van der Waals surface area contributed by atoms with Crippen LogP contribution in [0.25, 0.3) is 16.9 Å². The van der Waals surface area contributed by atoms with Gasteiger partial charge < -0.3 is 4.74 Å². The van der Waals surface area contributed by atoms with Crippen molar-refractivity contribution in [3.8, 4) is 11.3 Å². The molecule has 0 aliphatic rings. The van der Waals surface area contributed by atoms with Gasteiger partial charge in [0.15, 0.2) is 5.65 Å². The Bertz CT molecular complexity index is 794.